The maximum atomic E-state index is 13.3. The lowest BCUT2D eigenvalue weighted by atomic mass is 9.69. The van der Waals surface area contributed by atoms with E-state index in [1.54, 1.807) is 7.11 Å². The zero-order valence-corrected chi connectivity index (χ0v) is 20.3. The molecule has 1 aromatic heterocycles. The number of carbonyl (C=O) groups is 2. The monoisotopic (exact) mass is 467 g/mol. The molecule has 2 saturated heterocycles. The summed E-state index contributed by atoms with van der Waals surface area (Å²) in [5.74, 6) is 0.798. The van der Waals surface area contributed by atoms with Crippen LogP contribution in [0, 0.1) is 5.41 Å². The zero-order valence-electron chi connectivity index (χ0n) is 20.3. The highest BCUT2D eigenvalue weighted by atomic mass is 16.5. The number of ether oxygens (including phenoxy) is 1. The van der Waals surface area contributed by atoms with E-state index in [4.69, 9.17) is 4.74 Å². The molecule has 5 rings (SSSR count). The number of carbonyl (C=O) groups excluding carboxylic acids is 2. The van der Waals surface area contributed by atoms with E-state index in [-0.39, 0.29) is 23.3 Å². The van der Waals surface area contributed by atoms with Gasteiger partial charge in [-0.25, -0.2) is 0 Å². The van der Waals surface area contributed by atoms with Crippen LogP contribution in [-0.2, 0) is 4.79 Å². The minimum Gasteiger partial charge on any atom is -0.497 e. The van der Waals surface area contributed by atoms with Gasteiger partial charge in [0, 0.05) is 29.9 Å². The first-order valence-corrected chi connectivity index (χ1v) is 12.9. The summed E-state index contributed by atoms with van der Waals surface area (Å²) < 4.78 is 5.33. The number of likely N-dealkylation sites (tertiary alicyclic amines) is 2. The molecule has 8 heteroatoms. The molecule has 3 fully saturated rings. The van der Waals surface area contributed by atoms with Crippen molar-refractivity contribution in [2.24, 2.45) is 5.41 Å². The van der Waals surface area contributed by atoms with E-state index >= 15 is 0 Å². The molecule has 1 spiro atoms. The van der Waals surface area contributed by atoms with Crippen molar-refractivity contribution < 1.29 is 14.3 Å². The van der Waals surface area contributed by atoms with Crippen molar-refractivity contribution in [1.29, 1.82) is 0 Å². The van der Waals surface area contributed by atoms with Crippen molar-refractivity contribution >= 4 is 22.7 Å². The molecule has 1 saturated carbocycles. The number of fused-ring (bicyclic) bond motifs is 1. The van der Waals surface area contributed by atoms with Gasteiger partial charge in [-0.1, -0.05) is 25.7 Å². The molecule has 3 aliphatic rings. The van der Waals surface area contributed by atoms with E-state index in [0.717, 1.165) is 69.2 Å². The smallest absolute Gasteiger partial charge is 0.272 e. The van der Waals surface area contributed by atoms with Crippen LogP contribution in [0.2, 0.25) is 0 Å². The van der Waals surface area contributed by atoms with Crippen molar-refractivity contribution in [3.8, 4) is 5.75 Å². The van der Waals surface area contributed by atoms with Crippen LogP contribution in [-0.4, -0.2) is 77.7 Å². The van der Waals surface area contributed by atoms with E-state index < -0.39 is 0 Å². The van der Waals surface area contributed by atoms with Crippen LogP contribution in [0.1, 0.15) is 68.3 Å². The molecule has 1 aromatic carbocycles. The van der Waals surface area contributed by atoms with Gasteiger partial charge in [0.25, 0.3) is 5.91 Å². The zero-order chi connectivity index (χ0) is 23.5. The summed E-state index contributed by atoms with van der Waals surface area (Å²) in [7, 11) is 1.62. The molecule has 2 aliphatic heterocycles. The normalized spacial score (nSPS) is 26.0. The highest BCUT2D eigenvalue weighted by Crippen LogP contribution is 2.44. The molecule has 34 heavy (non-hydrogen) atoms. The lowest BCUT2D eigenvalue weighted by molar-refractivity contribution is -0.132. The van der Waals surface area contributed by atoms with Gasteiger partial charge >= 0.3 is 0 Å². The number of rotatable bonds is 5. The van der Waals surface area contributed by atoms with E-state index in [1.165, 1.54) is 25.7 Å². The van der Waals surface area contributed by atoms with E-state index in [1.807, 2.05) is 18.2 Å². The number of aromatic nitrogens is 2. The third-order valence-electron chi connectivity index (χ3n) is 8.24. The van der Waals surface area contributed by atoms with Crippen molar-refractivity contribution in [1.82, 2.24) is 25.3 Å². The quantitative estimate of drug-likeness (QED) is 0.704. The highest BCUT2D eigenvalue weighted by molar-refractivity contribution is 6.05. The molecule has 184 valence electrons. The van der Waals surface area contributed by atoms with Crippen LogP contribution in [0.5, 0.6) is 5.75 Å². The summed E-state index contributed by atoms with van der Waals surface area (Å²) in [6.45, 7) is 4.15. The Balaban J connectivity index is 1.27. The molecular weight excluding hydrogens is 430 g/mol. The summed E-state index contributed by atoms with van der Waals surface area (Å²) in [6.07, 6.45) is 10.2. The molecule has 8 nitrogen and oxygen atoms in total. The minimum atomic E-state index is -0.153. The predicted octanol–water partition coefficient (Wildman–Crippen LogP) is 3.34. The number of benzene rings is 1. The number of amides is 2. The van der Waals surface area contributed by atoms with E-state index in [2.05, 4.69) is 25.3 Å². The van der Waals surface area contributed by atoms with Gasteiger partial charge < -0.3 is 15.0 Å². The molecule has 2 unspecified atom stereocenters. The fourth-order valence-corrected chi connectivity index (χ4v) is 6.23. The van der Waals surface area contributed by atoms with Gasteiger partial charge in [-0.2, -0.15) is 5.10 Å². The third-order valence-corrected chi connectivity index (χ3v) is 8.24. The number of hydrogen-bond acceptors (Lipinski definition) is 5. The summed E-state index contributed by atoms with van der Waals surface area (Å²) in [4.78, 5) is 30.9. The Kier molecular flexibility index (Phi) is 6.77. The number of methoxy groups -OCH3 is 1. The first-order valence-electron chi connectivity index (χ1n) is 12.9. The average molecular weight is 468 g/mol. The van der Waals surface area contributed by atoms with Crippen molar-refractivity contribution in [2.45, 2.75) is 63.8 Å². The highest BCUT2D eigenvalue weighted by Gasteiger charge is 2.47. The maximum Gasteiger partial charge on any atom is 0.272 e. The SMILES string of the molecule is COc1ccc2[nH]nc(C(=O)NC3CCCCC34CCN(C(=O)CN3CCCCCC3)C4)c2c1. The van der Waals surface area contributed by atoms with E-state index in [9.17, 15) is 9.59 Å². The molecule has 2 amide bonds. The fraction of sp³-hybridized carbons (Fsp3) is 0.654. The summed E-state index contributed by atoms with van der Waals surface area (Å²) in [5.41, 5.74) is 1.18. The second-order valence-corrected chi connectivity index (χ2v) is 10.4. The second kappa shape index (κ2) is 9.94. The van der Waals surface area contributed by atoms with Crippen LogP contribution in [0.4, 0.5) is 0 Å². The number of aromatic amines is 1. The largest absolute Gasteiger partial charge is 0.497 e. The van der Waals surface area contributed by atoms with Gasteiger partial charge in [-0.3, -0.25) is 19.6 Å². The molecule has 0 bridgehead atoms. The minimum absolute atomic E-state index is 0.0356. The lowest BCUT2D eigenvalue weighted by Gasteiger charge is -2.41. The van der Waals surface area contributed by atoms with Gasteiger partial charge in [-0.15, -0.1) is 0 Å². The second-order valence-electron chi connectivity index (χ2n) is 10.4. The van der Waals surface area contributed by atoms with Gasteiger partial charge in [-0.05, 0) is 63.4 Å². The van der Waals surface area contributed by atoms with Gasteiger partial charge in [0.05, 0.1) is 19.2 Å². The third kappa shape index (κ3) is 4.65. The Hall–Kier alpha value is -2.61. The number of nitrogens with one attached hydrogen (secondary N) is 2. The Morgan fingerprint density at radius 2 is 1.94 bits per heavy atom. The van der Waals surface area contributed by atoms with Crippen molar-refractivity contribution in [3.63, 3.8) is 0 Å². The standard InChI is InChI=1S/C26H37N5O3/c1-34-19-9-10-21-20(16-19)24(29-28-21)25(33)27-22-8-4-5-11-26(22)12-15-31(18-26)23(32)17-30-13-6-2-3-7-14-30/h9-10,16,22H,2-8,11-15,17-18H2,1H3,(H,27,33)(H,28,29). The average Bonchev–Trinajstić information content (AvgIpc) is 3.38. The molecule has 2 atom stereocenters. The van der Waals surface area contributed by atoms with Crippen LogP contribution < -0.4 is 10.1 Å². The molecule has 1 aliphatic carbocycles. The van der Waals surface area contributed by atoms with Crippen molar-refractivity contribution in [3.05, 3.63) is 23.9 Å². The number of H-pyrrole nitrogens is 1. The maximum absolute atomic E-state index is 13.3. The number of nitrogens with zero attached hydrogens (tertiary/aromatic N) is 3. The topological polar surface area (TPSA) is 90.6 Å². The fourth-order valence-electron chi connectivity index (χ4n) is 6.23. The Morgan fingerprint density at radius 1 is 1.12 bits per heavy atom. The number of hydrogen-bond donors (Lipinski definition) is 2. The Morgan fingerprint density at radius 3 is 2.74 bits per heavy atom. The Labute approximate surface area is 201 Å². The summed E-state index contributed by atoms with van der Waals surface area (Å²) in [5, 5.41) is 11.4. The van der Waals surface area contributed by atoms with Crippen LogP contribution in [0.25, 0.3) is 10.9 Å². The molecule has 0 radical (unpaired) electrons. The van der Waals surface area contributed by atoms with Crippen LogP contribution in [0.15, 0.2) is 18.2 Å². The lowest BCUT2D eigenvalue weighted by Crippen LogP contribution is -2.52. The van der Waals surface area contributed by atoms with Gasteiger partial charge in [0.2, 0.25) is 5.91 Å². The first kappa shape index (κ1) is 23.1. The van der Waals surface area contributed by atoms with E-state index in [0.29, 0.717) is 18.0 Å². The summed E-state index contributed by atoms with van der Waals surface area (Å²) >= 11 is 0. The molecule has 2 aromatic rings. The molecular formula is C26H37N5O3. The summed E-state index contributed by atoms with van der Waals surface area (Å²) in [6, 6.07) is 5.64. The molecule has 2 N–H and O–H groups in total. The molecule has 3 heterocycles. The Bertz CT molecular complexity index is 1030. The van der Waals surface area contributed by atoms with Crippen molar-refractivity contribution in [2.75, 3.05) is 39.8 Å². The van der Waals surface area contributed by atoms with Gasteiger partial charge in [0.1, 0.15) is 5.75 Å². The predicted molar refractivity (Wildman–Crippen MR) is 131 cm³/mol. The van der Waals surface area contributed by atoms with Gasteiger partial charge in [0.15, 0.2) is 5.69 Å². The van der Waals surface area contributed by atoms with Crippen LogP contribution in [0.3, 0.4) is 0 Å². The first-order chi connectivity index (χ1) is 16.6. The van der Waals surface area contributed by atoms with Crippen LogP contribution >= 0.6 is 0 Å².